The van der Waals surface area contributed by atoms with Crippen molar-refractivity contribution in [2.45, 2.75) is 6.54 Å². The zero-order valence-corrected chi connectivity index (χ0v) is 17.1. The molecular formula is C22H13F2N3O4S. The Morgan fingerprint density at radius 3 is 2.44 bits per heavy atom. The van der Waals surface area contributed by atoms with Gasteiger partial charge in [-0.3, -0.25) is 24.2 Å². The lowest BCUT2D eigenvalue weighted by molar-refractivity contribution is -0.119. The standard InChI is InChI=1S/C22H13F2N3O4S/c23-12-8-16(24)19-17(9-12)32-22(25-19)26(10-13-4-3-7-31-13)18(28)11-27-20(29)14-5-1-2-6-15(14)21(27)30/h1-9H,10-11H2. The number of thiazole rings is 1. The van der Waals surface area contributed by atoms with E-state index in [1.165, 1.54) is 23.3 Å². The van der Waals surface area contributed by atoms with E-state index >= 15 is 0 Å². The van der Waals surface area contributed by atoms with E-state index in [2.05, 4.69) is 4.98 Å². The second kappa shape index (κ2) is 7.65. The molecule has 0 atom stereocenters. The Kier molecular flexibility index (Phi) is 4.78. The molecule has 0 saturated carbocycles. The van der Waals surface area contributed by atoms with Crippen molar-refractivity contribution < 1.29 is 27.6 Å². The van der Waals surface area contributed by atoms with E-state index in [0.29, 0.717) is 11.8 Å². The van der Waals surface area contributed by atoms with Gasteiger partial charge >= 0.3 is 0 Å². The first-order valence-corrected chi connectivity index (χ1v) is 10.3. The number of hydrogen-bond acceptors (Lipinski definition) is 6. The fourth-order valence-corrected chi connectivity index (χ4v) is 4.51. The van der Waals surface area contributed by atoms with Crippen molar-refractivity contribution in [1.82, 2.24) is 9.88 Å². The fourth-order valence-electron chi connectivity index (χ4n) is 3.49. The minimum atomic E-state index is -0.853. The van der Waals surface area contributed by atoms with E-state index in [1.807, 2.05) is 0 Å². The first-order chi connectivity index (χ1) is 15.4. The van der Waals surface area contributed by atoms with Crippen molar-refractivity contribution in [3.8, 4) is 0 Å². The number of halogens is 2. The van der Waals surface area contributed by atoms with Gasteiger partial charge in [-0.2, -0.15) is 0 Å². The summed E-state index contributed by atoms with van der Waals surface area (Å²) in [6.45, 7) is -0.612. The number of carbonyl (C=O) groups is 3. The lowest BCUT2D eigenvalue weighted by Crippen LogP contribution is -2.42. The third-order valence-corrected chi connectivity index (χ3v) is 6.02. The maximum absolute atomic E-state index is 14.2. The Hall–Kier alpha value is -3.92. The highest BCUT2D eigenvalue weighted by Gasteiger charge is 2.37. The van der Waals surface area contributed by atoms with Crippen LogP contribution in [0.1, 0.15) is 26.5 Å². The number of nitrogens with zero attached hydrogens (tertiary/aromatic N) is 3. The number of aromatic nitrogens is 1. The van der Waals surface area contributed by atoms with Gasteiger partial charge in [-0.1, -0.05) is 23.5 Å². The molecule has 5 rings (SSSR count). The quantitative estimate of drug-likeness (QED) is 0.427. The molecule has 2 aromatic carbocycles. The predicted octanol–water partition coefficient (Wildman–Crippen LogP) is 4.00. The number of amides is 3. The predicted molar refractivity (Wildman–Crippen MR) is 111 cm³/mol. The summed E-state index contributed by atoms with van der Waals surface area (Å²) in [5, 5.41) is 0.0857. The minimum absolute atomic E-state index is 0.0705. The Balaban J connectivity index is 1.49. The lowest BCUT2D eigenvalue weighted by Gasteiger charge is -2.21. The molecule has 1 aliphatic rings. The molecule has 2 aromatic heterocycles. The highest BCUT2D eigenvalue weighted by atomic mass is 32.1. The Morgan fingerprint density at radius 2 is 1.78 bits per heavy atom. The van der Waals surface area contributed by atoms with Gasteiger partial charge in [0.1, 0.15) is 23.6 Å². The fraction of sp³-hybridized carbons (Fsp3) is 0.0909. The number of rotatable bonds is 5. The van der Waals surface area contributed by atoms with E-state index < -0.39 is 35.9 Å². The molecule has 0 N–H and O–H groups in total. The van der Waals surface area contributed by atoms with Gasteiger partial charge in [0.2, 0.25) is 5.91 Å². The number of anilines is 1. The van der Waals surface area contributed by atoms with Crippen molar-refractivity contribution in [2.75, 3.05) is 11.4 Å². The van der Waals surface area contributed by atoms with Gasteiger partial charge < -0.3 is 4.42 Å². The van der Waals surface area contributed by atoms with Crippen LogP contribution in [-0.2, 0) is 11.3 Å². The molecule has 0 aliphatic carbocycles. The number of benzene rings is 2. The molecule has 7 nitrogen and oxygen atoms in total. The number of imide groups is 1. The average Bonchev–Trinajstić information content (AvgIpc) is 3.48. The molecule has 0 unspecified atom stereocenters. The molecule has 32 heavy (non-hydrogen) atoms. The number of carbonyl (C=O) groups excluding carboxylic acids is 3. The van der Waals surface area contributed by atoms with Crippen molar-refractivity contribution >= 4 is 44.4 Å². The lowest BCUT2D eigenvalue weighted by atomic mass is 10.1. The molecule has 160 valence electrons. The summed E-state index contributed by atoms with van der Waals surface area (Å²) in [5.74, 6) is -2.99. The molecule has 3 amide bonds. The summed E-state index contributed by atoms with van der Waals surface area (Å²) in [4.78, 5) is 44.7. The van der Waals surface area contributed by atoms with Crippen LogP contribution in [0.3, 0.4) is 0 Å². The van der Waals surface area contributed by atoms with Gasteiger partial charge in [0.05, 0.1) is 28.6 Å². The Morgan fingerprint density at radius 1 is 1.06 bits per heavy atom. The van der Waals surface area contributed by atoms with E-state index in [-0.39, 0.29) is 33.0 Å². The van der Waals surface area contributed by atoms with Crippen LogP contribution in [0.4, 0.5) is 13.9 Å². The summed E-state index contributed by atoms with van der Waals surface area (Å²) < 4.78 is 33.3. The largest absolute Gasteiger partial charge is 0.467 e. The molecular weight excluding hydrogens is 440 g/mol. The molecule has 0 bridgehead atoms. The van der Waals surface area contributed by atoms with Crippen LogP contribution in [0.2, 0.25) is 0 Å². The molecule has 0 fully saturated rings. The van der Waals surface area contributed by atoms with Crippen molar-refractivity contribution in [2.24, 2.45) is 0 Å². The first kappa shape index (κ1) is 20.0. The van der Waals surface area contributed by atoms with Gasteiger partial charge in [-0.15, -0.1) is 0 Å². The third-order valence-electron chi connectivity index (χ3n) is 5.00. The molecule has 4 aromatic rings. The molecule has 0 radical (unpaired) electrons. The second-order valence-electron chi connectivity index (χ2n) is 7.03. The molecule has 10 heteroatoms. The van der Waals surface area contributed by atoms with E-state index in [9.17, 15) is 23.2 Å². The highest BCUT2D eigenvalue weighted by molar-refractivity contribution is 7.22. The molecule has 3 heterocycles. The summed E-state index contributed by atoms with van der Waals surface area (Å²) in [6.07, 6.45) is 1.43. The van der Waals surface area contributed by atoms with Crippen LogP contribution in [0, 0.1) is 11.6 Å². The third kappa shape index (κ3) is 3.34. The summed E-state index contributed by atoms with van der Waals surface area (Å²) in [6, 6.07) is 11.4. The van der Waals surface area contributed by atoms with Crippen molar-refractivity contribution in [1.29, 1.82) is 0 Å². The first-order valence-electron chi connectivity index (χ1n) is 9.46. The van der Waals surface area contributed by atoms with Crippen LogP contribution in [-0.4, -0.2) is 34.2 Å². The second-order valence-corrected chi connectivity index (χ2v) is 8.04. The van der Waals surface area contributed by atoms with Gasteiger partial charge in [0.25, 0.3) is 11.8 Å². The van der Waals surface area contributed by atoms with Crippen molar-refractivity contribution in [3.05, 3.63) is 83.3 Å². The zero-order valence-electron chi connectivity index (χ0n) is 16.2. The van der Waals surface area contributed by atoms with Crippen LogP contribution < -0.4 is 4.90 Å². The van der Waals surface area contributed by atoms with Crippen molar-refractivity contribution in [3.63, 3.8) is 0 Å². The summed E-state index contributed by atoms with van der Waals surface area (Å²) in [7, 11) is 0. The summed E-state index contributed by atoms with van der Waals surface area (Å²) in [5.41, 5.74) is 0.366. The molecule has 0 saturated heterocycles. The molecule has 0 spiro atoms. The van der Waals surface area contributed by atoms with E-state index in [4.69, 9.17) is 4.42 Å². The maximum Gasteiger partial charge on any atom is 0.262 e. The van der Waals surface area contributed by atoms with Crippen LogP contribution >= 0.6 is 11.3 Å². The van der Waals surface area contributed by atoms with Crippen LogP contribution in [0.5, 0.6) is 0 Å². The average molecular weight is 453 g/mol. The topological polar surface area (TPSA) is 83.7 Å². The smallest absolute Gasteiger partial charge is 0.262 e. The van der Waals surface area contributed by atoms with Gasteiger partial charge in [-0.05, 0) is 30.3 Å². The normalized spacial score (nSPS) is 13.1. The maximum atomic E-state index is 14.2. The molecule has 1 aliphatic heterocycles. The van der Waals surface area contributed by atoms with Crippen LogP contribution in [0.15, 0.2) is 59.2 Å². The van der Waals surface area contributed by atoms with Gasteiger partial charge in [0, 0.05) is 6.07 Å². The zero-order chi connectivity index (χ0) is 22.4. The van der Waals surface area contributed by atoms with Gasteiger partial charge in [-0.25, -0.2) is 13.8 Å². The van der Waals surface area contributed by atoms with E-state index in [0.717, 1.165) is 22.3 Å². The van der Waals surface area contributed by atoms with Crippen LogP contribution in [0.25, 0.3) is 10.2 Å². The highest BCUT2D eigenvalue weighted by Crippen LogP contribution is 2.32. The number of furan rings is 1. The summed E-state index contributed by atoms with van der Waals surface area (Å²) >= 11 is 0.915. The number of fused-ring (bicyclic) bond motifs is 2. The Bertz CT molecular complexity index is 1350. The number of hydrogen-bond donors (Lipinski definition) is 0. The SMILES string of the molecule is O=C1c2ccccc2C(=O)N1CC(=O)N(Cc1ccco1)c1nc2c(F)cc(F)cc2s1. The van der Waals surface area contributed by atoms with E-state index in [1.54, 1.807) is 24.3 Å². The minimum Gasteiger partial charge on any atom is -0.467 e. The monoisotopic (exact) mass is 453 g/mol. The van der Waals surface area contributed by atoms with Gasteiger partial charge in [0.15, 0.2) is 10.9 Å². The Labute approximate surface area is 183 Å².